The second kappa shape index (κ2) is 8.06. The van der Waals surface area contributed by atoms with Gasteiger partial charge in [0.2, 0.25) is 0 Å². The highest BCUT2D eigenvalue weighted by molar-refractivity contribution is 4.82. The third-order valence-corrected chi connectivity index (χ3v) is 3.54. The molecule has 0 amide bonds. The average Bonchev–Trinajstić information content (AvgIpc) is 2.65. The van der Waals surface area contributed by atoms with Crippen LogP contribution in [0.25, 0.3) is 0 Å². The number of hydrogen-bond acceptors (Lipinski definition) is 3. The molecule has 1 N–H and O–H groups in total. The van der Waals surface area contributed by atoms with Crippen molar-refractivity contribution in [2.24, 2.45) is 5.92 Å². The molecule has 3 heteroatoms. The minimum absolute atomic E-state index is 0.768. The van der Waals surface area contributed by atoms with Crippen LogP contribution in [-0.4, -0.2) is 62.7 Å². The molecule has 3 nitrogen and oxygen atoms in total. The first kappa shape index (κ1) is 14.9. The van der Waals surface area contributed by atoms with Crippen molar-refractivity contribution >= 4 is 0 Å². The van der Waals surface area contributed by atoms with Crippen LogP contribution >= 0.6 is 0 Å². The van der Waals surface area contributed by atoms with E-state index in [1.807, 2.05) is 0 Å². The zero-order valence-corrected chi connectivity index (χ0v) is 12.2. The Kier molecular flexibility index (Phi) is 7.09. The number of likely N-dealkylation sites (N-methyl/N-ethyl adjacent to an activating group) is 1. The highest BCUT2D eigenvalue weighted by Gasteiger charge is 2.25. The molecule has 1 rings (SSSR count). The fourth-order valence-electron chi connectivity index (χ4n) is 2.75. The fourth-order valence-corrected chi connectivity index (χ4v) is 2.75. The lowest BCUT2D eigenvalue weighted by molar-refractivity contribution is 0.184. The van der Waals surface area contributed by atoms with Gasteiger partial charge in [0.05, 0.1) is 0 Å². The van der Waals surface area contributed by atoms with Crippen molar-refractivity contribution in [3.63, 3.8) is 0 Å². The quantitative estimate of drug-likeness (QED) is 0.652. The largest absolute Gasteiger partial charge is 0.316 e. The van der Waals surface area contributed by atoms with Crippen molar-refractivity contribution in [2.75, 3.05) is 46.8 Å². The smallest absolute Gasteiger partial charge is 0.0223 e. The first-order valence-corrected chi connectivity index (χ1v) is 7.23. The van der Waals surface area contributed by atoms with Gasteiger partial charge in [-0.3, -0.25) is 4.90 Å². The zero-order chi connectivity index (χ0) is 12.7. The summed E-state index contributed by atoms with van der Waals surface area (Å²) in [6.45, 7) is 10.7. The Balaban J connectivity index is 2.23. The van der Waals surface area contributed by atoms with Crippen LogP contribution in [0.4, 0.5) is 0 Å². The Labute approximate surface area is 108 Å². The lowest BCUT2D eigenvalue weighted by Gasteiger charge is -2.29. The van der Waals surface area contributed by atoms with Crippen molar-refractivity contribution in [1.29, 1.82) is 0 Å². The Morgan fingerprint density at radius 2 is 2.18 bits per heavy atom. The minimum atomic E-state index is 0.768. The summed E-state index contributed by atoms with van der Waals surface area (Å²) in [6, 6.07) is 0.790. The predicted octanol–water partition coefficient (Wildman–Crippen LogP) is 1.65. The first-order valence-electron chi connectivity index (χ1n) is 7.23. The van der Waals surface area contributed by atoms with E-state index in [1.54, 1.807) is 0 Å². The van der Waals surface area contributed by atoms with Crippen LogP contribution in [0.15, 0.2) is 0 Å². The topological polar surface area (TPSA) is 18.5 Å². The number of likely N-dealkylation sites (tertiary alicyclic amines) is 1. The van der Waals surface area contributed by atoms with Crippen LogP contribution < -0.4 is 5.32 Å². The standard InChI is InChI=1S/C14H31N3/c1-5-8-15-10-13(2)11-17-9-6-7-14(17)12-16(3)4/h13-15H,5-12H2,1-4H3. The molecule has 1 aliphatic heterocycles. The van der Waals surface area contributed by atoms with Crippen molar-refractivity contribution in [3.8, 4) is 0 Å². The number of rotatable bonds is 8. The van der Waals surface area contributed by atoms with Crippen LogP contribution in [0.5, 0.6) is 0 Å². The summed E-state index contributed by atoms with van der Waals surface area (Å²) in [5.41, 5.74) is 0. The lowest BCUT2D eigenvalue weighted by Crippen LogP contribution is -2.41. The number of nitrogens with one attached hydrogen (secondary N) is 1. The minimum Gasteiger partial charge on any atom is -0.316 e. The highest BCUT2D eigenvalue weighted by atomic mass is 15.2. The molecule has 0 bridgehead atoms. The Hall–Kier alpha value is -0.120. The molecular formula is C14H31N3. The van der Waals surface area contributed by atoms with Crippen LogP contribution in [-0.2, 0) is 0 Å². The number of hydrogen-bond donors (Lipinski definition) is 1. The molecule has 0 aliphatic carbocycles. The van der Waals surface area contributed by atoms with E-state index < -0.39 is 0 Å². The summed E-state index contributed by atoms with van der Waals surface area (Å²) in [4.78, 5) is 5.02. The molecule has 0 aromatic heterocycles. The van der Waals surface area contributed by atoms with E-state index in [-0.39, 0.29) is 0 Å². The highest BCUT2D eigenvalue weighted by Crippen LogP contribution is 2.18. The summed E-state index contributed by atoms with van der Waals surface area (Å²) >= 11 is 0. The maximum absolute atomic E-state index is 3.53. The third kappa shape index (κ3) is 5.84. The normalized spacial score (nSPS) is 23.5. The van der Waals surface area contributed by atoms with Gasteiger partial charge in [0.25, 0.3) is 0 Å². The molecule has 1 saturated heterocycles. The van der Waals surface area contributed by atoms with E-state index in [4.69, 9.17) is 0 Å². The molecule has 1 aliphatic rings. The van der Waals surface area contributed by atoms with Gasteiger partial charge in [-0.1, -0.05) is 13.8 Å². The maximum Gasteiger partial charge on any atom is 0.0223 e. The zero-order valence-electron chi connectivity index (χ0n) is 12.2. The predicted molar refractivity (Wildman–Crippen MR) is 75.5 cm³/mol. The van der Waals surface area contributed by atoms with E-state index in [9.17, 15) is 0 Å². The Bertz CT molecular complexity index is 194. The number of nitrogens with zero attached hydrogens (tertiary/aromatic N) is 2. The van der Waals surface area contributed by atoms with Gasteiger partial charge in [-0.25, -0.2) is 0 Å². The first-order chi connectivity index (χ1) is 8.13. The fraction of sp³-hybridized carbons (Fsp3) is 1.00. The van der Waals surface area contributed by atoms with Gasteiger partial charge in [0, 0.05) is 19.1 Å². The molecule has 0 saturated carbocycles. The van der Waals surface area contributed by atoms with Gasteiger partial charge >= 0.3 is 0 Å². The third-order valence-electron chi connectivity index (χ3n) is 3.54. The molecule has 1 heterocycles. The SMILES string of the molecule is CCCNCC(C)CN1CCCC1CN(C)C. The second-order valence-electron chi connectivity index (χ2n) is 5.86. The molecule has 0 spiro atoms. The molecule has 0 aromatic rings. The van der Waals surface area contributed by atoms with E-state index in [0.717, 1.165) is 18.5 Å². The molecule has 2 unspecified atom stereocenters. The molecule has 0 aromatic carbocycles. The summed E-state index contributed by atoms with van der Waals surface area (Å²) in [7, 11) is 4.37. The van der Waals surface area contributed by atoms with Gasteiger partial charge in [-0.15, -0.1) is 0 Å². The summed E-state index contributed by atoms with van der Waals surface area (Å²) < 4.78 is 0. The van der Waals surface area contributed by atoms with Crippen molar-refractivity contribution in [2.45, 2.75) is 39.2 Å². The van der Waals surface area contributed by atoms with Gasteiger partial charge in [0.1, 0.15) is 0 Å². The van der Waals surface area contributed by atoms with E-state index in [0.29, 0.717) is 0 Å². The summed E-state index contributed by atoms with van der Waals surface area (Å²) in [5.74, 6) is 0.768. The van der Waals surface area contributed by atoms with E-state index in [2.05, 4.69) is 43.1 Å². The van der Waals surface area contributed by atoms with Crippen LogP contribution in [0.2, 0.25) is 0 Å². The second-order valence-corrected chi connectivity index (χ2v) is 5.86. The maximum atomic E-state index is 3.53. The van der Waals surface area contributed by atoms with Crippen molar-refractivity contribution < 1.29 is 0 Å². The van der Waals surface area contributed by atoms with Gasteiger partial charge in [-0.2, -0.15) is 0 Å². The molecule has 102 valence electrons. The summed E-state index contributed by atoms with van der Waals surface area (Å²) in [6.07, 6.45) is 4.00. The molecular weight excluding hydrogens is 210 g/mol. The summed E-state index contributed by atoms with van der Waals surface area (Å²) in [5, 5.41) is 3.53. The molecule has 17 heavy (non-hydrogen) atoms. The van der Waals surface area contributed by atoms with Crippen LogP contribution in [0.1, 0.15) is 33.1 Å². The van der Waals surface area contributed by atoms with Crippen LogP contribution in [0.3, 0.4) is 0 Å². The van der Waals surface area contributed by atoms with E-state index in [1.165, 1.54) is 45.4 Å². The monoisotopic (exact) mass is 241 g/mol. The Morgan fingerprint density at radius 3 is 2.82 bits per heavy atom. The van der Waals surface area contributed by atoms with Crippen molar-refractivity contribution in [1.82, 2.24) is 15.1 Å². The average molecular weight is 241 g/mol. The van der Waals surface area contributed by atoms with E-state index >= 15 is 0 Å². The Morgan fingerprint density at radius 1 is 1.41 bits per heavy atom. The van der Waals surface area contributed by atoms with Crippen molar-refractivity contribution in [3.05, 3.63) is 0 Å². The van der Waals surface area contributed by atoms with Gasteiger partial charge in [-0.05, 0) is 58.9 Å². The molecule has 1 fully saturated rings. The van der Waals surface area contributed by atoms with Crippen LogP contribution in [0, 0.1) is 5.92 Å². The van der Waals surface area contributed by atoms with Gasteiger partial charge < -0.3 is 10.2 Å². The molecule has 2 atom stereocenters. The molecule has 0 radical (unpaired) electrons. The lowest BCUT2D eigenvalue weighted by atomic mass is 10.1. The van der Waals surface area contributed by atoms with Gasteiger partial charge in [0.15, 0.2) is 0 Å².